The second-order valence-electron chi connectivity index (χ2n) is 8.61. The zero-order valence-corrected chi connectivity index (χ0v) is 19.6. The minimum Gasteiger partial charge on any atom is -0.508 e. The first-order chi connectivity index (χ1) is 15.6. The number of carbonyl (C=O) groups excluding carboxylic acids is 3. The van der Waals surface area contributed by atoms with E-state index >= 15 is 0 Å². The summed E-state index contributed by atoms with van der Waals surface area (Å²) in [6, 6.07) is 14.8. The number of carbonyl (C=O) groups is 3. The molecule has 3 N–H and O–H groups in total. The molecule has 0 aliphatic carbocycles. The SMILES string of the molecule is CCCN(C(=O)CNC(=O)OC(C)(C)C)C(C(=O)NCc1ccccc1)c1ccccc1O. The number of hydrogen-bond acceptors (Lipinski definition) is 5. The summed E-state index contributed by atoms with van der Waals surface area (Å²) in [5, 5.41) is 15.8. The van der Waals surface area contributed by atoms with E-state index in [2.05, 4.69) is 10.6 Å². The first-order valence-corrected chi connectivity index (χ1v) is 11.0. The largest absolute Gasteiger partial charge is 0.508 e. The van der Waals surface area contributed by atoms with E-state index in [1.807, 2.05) is 37.3 Å². The Kier molecular flexibility index (Phi) is 9.27. The molecule has 8 heteroatoms. The fraction of sp³-hybridized carbons (Fsp3) is 0.400. The average Bonchev–Trinajstić information content (AvgIpc) is 2.76. The van der Waals surface area contributed by atoms with Crippen LogP contribution in [0.3, 0.4) is 0 Å². The van der Waals surface area contributed by atoms with Crippen LogP contribution in [0, 0.1) is 0 Å². The fourth-order valence-electron chi connectivity index (χ4n) is 3.25. The van der Waals surface area contributed by atoms with Crippen molar-refractivity contribution in [3.8, 4) is 5.75 Å². The Bertz CT molecular complexity index is 941. The summed E-state index contributed by atoms with van der Waals surface area (Å²) < 4.78 is 5.19. The maximum atomic E-state index is 13.3. The summed E-state index contributed by atoms with van der Waals surface area (Å²) >= 11 is 0. The van der Waals surface area contributed by atoms with Crippen LogP contribution in [-0.2, 0) is 20.9 Å². The van der Waals surface area contributed by atoms with Crippen LogP contribution in [0.5, 0.6) is 5.75 Å². The maximum Gasteiger partial charge on any atom is 0.408 e. The monoisotopic (exact) mass is 455 g/mol. The van der Waals surface area contributed by atoms with Crippen molar-refractivity contribution in [2.24, 2.45) is 0 Å². The van der Waals surface area contributed by atoms with Gasteiger partial charge in [0.2, 0.25) is 11.8 Å². The number of ether oxygens (including phenoxy) is 1. The predicted octanol–water partition coefficient (Wildman–Crippen LogP) is 3.51. The van der Waals surface area contributed by atoms with Gasteiger partial charge in [0, 0.05) is 18.7 Å². The van der Waals surface area contributed by atoms with Crippen molar-refractivity contribution < 1.29 is 24.2 Å². The molecule has 33 heavy (non-hydrogen) atoms. The number of aromatic hydroxyl groups is 1. The van der Waals surface area contributed by atoms with Gasteiger partial charge in [0.25, 0.3) is 0 Å². The molecular weight excluding hydrogens is 422 g/mol. The molecule has 0 fully saturated rings. The quantitative estimate of drug-likeness (QED) is 0.536. The van der Waals surface area contributed by atoms with Gasteiger partial charge in [-0.3, -0.25) is 9.59 Å². The third kappa shape index (κ3) is 8.14. The first-order valence-electron chi connectivity index (χ1n) is 11.0. The van der Waals surface area contributed by atoms with Crippen molar-refractivity contribution in [2.45, 2.75) is 52.3 Å². The Morgan fingerprint density at radius 3 is 2.24 bits per heavy atom. The lowest BCUT2D eigenvalue weighted by molar-refractivity contribution is -0.140. The van der Waals surface area contributed by atoms with Gasteiger partial charge in [-0.25, -0.2) is 4.79 Å². The van der Waals surface area contributed by atoms with Crippen molar-refractivity contribution in [1.29, 1.82) is 0 Å². The molecule has 2 aromatic carbocycles. The third-order valence-electron chi connectivity index (χ3n) is 4.67. The molecule has 0 heterocycles. The number of phenols is 1. The number of para-hydroxylation sites is 1. The van der Waals surface area contributed by atoms with Gasteiger partial charge in [-0.2, -0.15) is 0 Å². The van der Waals surface area contributed by atoms with Crippen LogP contribution in [0.2, 0.25) is 0 Å². The lowest BCUT2D eigenvalue weighted by Gasteiger charge is -2.31. The second kappa shape index (κ2) is 11.9. The van der Waals surface area contributed by atoms with Gasteiger partial charge >= 0.3 is 6.09 Å². The van der Waals surface area contributed by atoms with E-state index in [-0.39, 0.29) is 25.4 Å². The number of alkyl carbamates (subject to hydrolysis) is 1. The molecule has 0 bridgehead atoms. The standard InChI is InChI=1S/C25H33N3O5/c1-5-15-28(21(30)17-27-24(32)33-25(2,3)4)22(19-13-9-10-14-20(19)29)23(31)26-16-18-11-7-6-8-12-18/h6-14,22,29H,5,15-17H2,1-4H3,(H,26,31)(H,27,32). The highest BCUT2D eigenvalue weighted by atomic mass is 16.6. The Balaban J connectivity index is 2.25. The predicted molar refractivity (Wildman–Crippen MR) is 125 cm³/mol. The van der Waals surface area contributed by atoms with Crippen LogP contribution >= 0.6 is 0 Å². The van der Waals surface area contributed by atoms with Gasteiger partial charge < -0.3 is 25.4 Å². The van der Waals surface area contributed by atoms with Gasteiger partial charge in [-0.05, 0) is 38.8 Å². The number of amides is 3. The molecule has 2 aromatic rings. The van der Waals surface area contributed by atoms with Crippen molar-refractivity contribution >= 4 is 17.9 Å². The molecule has 0 aliphatic rings. The van der Waals surface area contributed by atoms with E-state index in [4.69, 9.17) is 4.74 Å². The van der Waals surface area contributed by atoms with E-state index in [1.54, 1.807) is 39.0 Å². The molecule has 1 unspecified atom stereocenters. The number of rotatable bonds is 9. The molecule has 2 rings (SSSR count). The van der Waals surface area contributed by atoms with Crippen molar-refractivity contribution in [3.63, 3.8) is 0 Å². The Morgan fingerprint density at radius 2 is 1.64 bits per heavy atom. The number of nitrogens with one attached hydrogen (secondary N) is 2. The zero-order chi connectivity index (χ0) is 24.4. The van der Waals surface area contributed by atoms with E-state index in [0.717, 1.165) is 5.56 Å². The van der Waals surface area contributed by atoms with Crippen LogP contribution in [-0.4, -0.2) is 46.6 Å². The van der Waals surface area contributed by atoms with Gasteiger partial charge in [0.1, 0.15) is 23.9 Å². The van der Waals surface area contributed by atoms with E-state index in [0.29, 0.717) is 12.0 Å². The molecule has 0 saturated carbocycles. The smallest absolute Gasteiger partial charge is 0.408 e. The molecule has 0 aliphatic heterocycles. The zero-order valence-electron chi connectivity index (χ0n) is 19.6. The van der Waals surface area contributed by atoms with Gasteiger partial charge in [0.05, 0.1) is 0 Å². The van der Waals surface area contributed by atoms with Crippen molar-refractivity contribution in [1.82, 2.24) is 15.5 Å². The Morgan fingerprint density at radius 1 is 1.00 bits per heavy atom. The molecule has 3 amide bonds. The number of phenolic OH excluding ortho intramolecular Hbond substituents is 1. The van der Waals surface area contributed by atoms with Crippen LogP contribution in [0.1, 0.15) is 51.3 Å². The molecule has 178 valence electrons. The summed E-state index contributed by atoms with van der Waals surface area (Å²) in [6.45, 7) is 7.24. The van der Waals surface area contributed by atoms with E-state index < -0.39 is 29.6 Å². The summed E-state index contributed by atoms with van der Waals surface area (Å²) in [4.78, 5) is 39.8. The maximum absolute atomic E-state index is 13.3. The van der Waals surface area contributed by atoms with Gasteiger partial charge in [0.15, 0.2) is 0 Å². The molecular formula is C25H33N3O5. The molecule has 0 spiro atoms. The summed E-state index contributed by atoms with van der Waals surface area (Å²) in [5.41, 5.74) is 0.510. The Hall–Kier alpha value is -3.55. The molecule has 0 radical (unpaired) electrons. The Labute approximate surface area is 194 Å². The average molecular weight is 456 g/mol. The van der Waals surface area contributed by atoms with Crippen molar-refractivity contribution in [3.05, 3.63) is 65.7 Å². The third-order valence-corrected chi connectivity index (χ3v) is 4.67. The lowest BCUT2D eigenvalue weighted by Crippen LogP contribution is -2.48. The van der Waals surface area contributed by atoms with Gasteiger partial charge in [-0.15, -0.1) is 0 Å². The highest BCUT2D eigenvalue weighted by Crippen LogP contribution is 2.29. The molecule has 1 atom stereocenters. The van der Waals surface area contributed by atoms with Gasteiger partial charge in [-0.1, -0.05) is 55.5 Å². The summed E-state index contributed by atoms with van der Waals surface area (Å²) in [6.07, 6.45) is -0.145. The van der Waals surface area contributed by atoms with E-state index in [1.165, 1.54) is 11.0 Å². The molecule has 8 nitrogen and oxygen atoms in total. The van der Waals surface area contributed by atoms with Crippen LogP contribution in [0.25, 0.3) is 0 Å². The van der Waals surface area contributed by atoms with Crippen LogP contribution < -0.4 is 10.6 Å². The van der Waals surface area contributed by atoms with Crippen LogP contribution in [0.4, 0.5) is 4.79 Å². The fourth-order valence-corrected chi connectivity index (χ4v) is 3.25. The highest BCUT2D eigenvalue weighted by Gasteiger charge is 2.33. The first kappa shape index (κ1) is 25.7. The summed E-state index contributed by atoms with van der Waals surface area (Å²) in [7, 11) is 0. The lowest BCUT2D eigenvalue weighted by atomic mass is 10.0. The van der Waals surface area contributed by atoms with Crippen molar-refractivity contribution in [2.75, 3.05) is 13.1 Å². The minimum atomic E-state index is -1.07. The highest BCUT2D eigenvalue weighted by molar-refractivity contribution is 5.90. The normalized spacial score (nSPS) is 11.9. The number of hydrogen-bond donors (Lipinski definition) is 3. The topological polar surface area (TPSA) is 108 Å². The number of nitrogens with zero attached hydrogens (tertiary/aromatic N) is 1. The number of benzene rings is 2. The van der Waals surface area contributed by atoms with Crippen LogP contribution in [0.15, 0.2) is 54.6 Å². The molecule has 0 aromatic heterocycles. The molecule has 0 saturated heterocycles. The van der Waals surface area contributed by atoms with E-state index in [9.17, 15) is 19.5 Å². The summed E-state index contributed by atoms with van der Waals surface area (Å²) in [5.74, 6) is -0.989. The minimum absolute atomic E-state index is 0.0913. The second-order valence-corrected chi connectivity index (χ2v) is 8.61.